The van der Waals surface area contributed by atoms with Gasteiger partial charge < -0.3 is 14.9 Å². The van der Waals surface area contributed by atoms with Crippen molar-refractivity contribution in [3.05, 3.63) is 59.5 Å². The average molecular weight is 231 g/mol. The van der Waals surface area contributed by atoms with Gasteiger partial charge in [0.1, 0.15) is 11.5 Å². The van der Waals surface area contributed by atoms with Crippen molar-refractivity contribution in [2.45, 2.75) is 19.6 Å². The minimum absolute atomic E-state index is 0.201. The highest BCUT2D eigenvalue weighted by Crippen LogP contribution is 2.14. The molecule has 0 aliphatic rings. The van der Waals surface area contributed by atoms with Crippen LogP contribution >= 0.6 is 0 Å². The molecule has 1 heterocycles. The van der Waals surface area contributed by atoms with Crippen molar-refractivity contribution < 1.29 is 9.15 Å². The first kappa shape index (κ1) is 11.9. The van der Waals surface area contributed by atoms with Crippen LogP contribution in [0.3, 0.4) is 0 Å². The molecule has 0 saturated heterocycles. The van der Waals surface area contributed by atoms with E-state index in [9.17, 15) is 0 Å². The minimum atomic E-state index is -0.201. The highest BCUT2D eigenvalue weighted by molar-refractivity contribution is 5.13. The number of aryl methyl sites for hydroxylation is 1. The number of rotatable bonds is 5. The van der Waals surface area contributed by atoms with Gasteiger partial charge in [0.25, 0.3) is 0 Å². The molecule has 90 valence electrons. The third-order valence-electron chi connectivity index (χ3n) is 2.54. The molecule has 0 aliphatic heterocycles. The lowest BCUT2D eigenvalue weighted by Gasteiger charge is -2.09. The summed E-state index contributed by atoms with van der Waals surface area (Å²) in [4.78, 5) is 0. The molecule has 1 aromatic carbocycles. The fraction of sp³-hybridized carbons (Fsp3) is 0.286. The first-order chi connectivity index (χ1) is 8.25. The number of nitrogens with two attached hydrogens (primary N) is 1. The Labute approximate surface area is 101 Å². The Kier molecular flexibility index (Phi) is 3.96. The maximum absolute atomic E-state index is 5.95. The number of benzene rings is 1. The summed E-state index contributed by atoms with van der Waals surface area (Å²) in [7, 11) is 0. The van der Waals surface area contributed by atoms with Gasteiger partial charge in [0.15, 0.2) is 0 Å². The third kappa shape index (κ3) is 3.44. The van der Waals surface area contributed by atoms with Crippen LogP contribution in [0.15, 0.2) is 46.9 Å². The smallest absolute Gasteiger partial charge is 0.123 e. The zero-order valence-electron chi connectivity index (χ0n) is 9.93. The molecule has 17 heavy (non-hydrogen) atoms. The van der Waals surface area contributed by atoms with Crippen LogP contribution < -0.4 is 5.73 Å². The van der Waals surface area contributed by atoms with Crippen LogP contribution in [0.1, 0.15) is 23.1 Å². The average Bonchev–Trinajstić information content (AvgIpc) is 2.77. The van der Waals surface area contributed by atoms with Gasteiger partial charge >= 0.3 is 0 Å². The van der Waals surface area contributed by atoms with Crippen molar-refractivity contribution in [2.75, 3.05) is 6.61 Å². The lowest BCUT2D eigenvalue weighted by Crippen LogP contribution is -2.16. The molecule has 1 unspecified atom stereocenters. The van der Waals surface area contributed by atoms with Crippen molar-refractivity contribution in [3.63, 3.8) is 0 Å². The fourth-order valence-corrected chi connectivity index (χ4v) is 1.61. The fourth-order valence-electron chi connectivity index (χ4n) is 1.61. The van der Waals surface area contributed by atoms with Crippen LogP contribution in [-0.4, -0.2) is 6.61 Å². The van der Waals surface area contributed by atoms with E-state index in [-0.39, 0.29) is 6.04 Å². The highest BCUT2D eigenvalue weighted by atomic mass is 16.5. The van der Waals surface area contributed by atoms with Crippen molar-refractivity contribution in [3.8, 4) is 0 Å². The van der Waals surface area contributed by atoms with Gasteiger partial charge in [0.05, 0.1) is 19.3 Å². The number of hydrogen-bond donors (Lipinski definition) is 1. The Balaban J connectivity index is 1.79. The van der Waals surface area contributed by atoms with Crippen LogP contribution in [0.5, 0.6) is 0 Å². The second-order valence-corrected chi connectivity index (χ2v) is 4.06. The summed E-state index contributed by atoms with van der Waals surface area (Å²) in [6.45, 7) is 2.94. The Hall–Kier alpha value is -1.58. The Morgan fingerprint density at radius 1 is 1.18 bits per heavy atom. The second-order valence-electron chi connectivity index (χ2n) is 4.06. The second kappa shape index (κ2) is 5.66. The van der Waals surface area contributed by atoms with Gasteiger partial charge in [-0.05, 0) is 24.6 Å². The van der Waals surface area contributed by atoms with E-state index >= 15 is 0 Å². The Morgan fingerprint density at radius 3 is 2.59 bits per heavy atom. The van der Waals surface area contributed by atoms with Crippen molar-refractivity contribution >= 4 is 0 Å². The summed E-state index contributed by atoms with van der Waals surface area (Å²) >= 11 is 0. The highest BCUT2D eigenvalue weighted by Gasteiger charge is 2.09. The predicted molar refractivity (Wildman–Crippen MR) is 66.5 cm³/mol. The molecule has 2 N–H and O–H groups in total. The normalized spacial score (nSPS) is 12.6. The molecule has 2 aromatic rings. The lowest BCUT2D eigenvalue weighted by molar-refractivity contribution is 0.103. The quantitative estimate of drug-likeness (QED) is 0.860. The maximum Gasteiger partial charge on any atom is 0.123 e. The van der Waals surface area contributed by atoms with Crippen LogP contribution in [-0.2, 0) is 11.3 Å². The molecule has 3 nitrogen and oxygen atoms in total. The molecular weight excluding hydrogens is 214 g/mol. The van der Waals surface area contributed by atoms with E-state index in [1.807, 2.05) is 49.4 Å². The number of ether oxygens (including phenoxy) is 1. The summed E-state index contributed by atoms with van der Waals surface area (Å²) in [5, 5.41) is 0. The largest absolute Gasteiger partial charge is 0.465 e. The molecule has 0 saturated carbocycles. The zero-order valence-corrected chi connectivity index (χ0v) is 9.93. The van der Waals surface area contributed by atoms with Gasteiger partial charge in [-0.25, -0.2) is 0 Å². The standard InChI is InChI=1S/C14H17NO2/c1-11-7-8-14(17-11)13(15)10-16-9-12-5-3-2-4-6-12/h2-8,13H,9-10,15H2,1H3. The monoisotopic (exact) mass is 231 g/mol. The molecule has 0 radical (unpaired) electrons. The van der Waals surface area contributed by atoms with E-state index in [0.717, 1.165) is 17.1 Å². The van der Waals surface area contributed by atoms with Gasteiger partial charge in [0, 0.05) is 0 Å². The lowest BCUT2D eigenvalue weighted by atomic mass is 10.2. The van der Waals surface area contributed by atoms with E-state index < -0.39 is 0 Å². The summed E-state index contributed by atoms with van der Waals surface area (Å²) < 4.78 is 11.0. The van der Waals surface area contributed by atoms with Gasteiger partial charge in [0.2, 0.25) is 0 Å². The zero-order chi connectivity index (χ0) is 12.1. The van der Waals surface area contributed by atoms with Crippen molar-refractivity contribution in [2.24, 2.45) is 5.73 Å². The Morgan fingerprint density at radius 2 is 1.94 bits per heavy atom. The number of furan rings is 1. The maximum atomic E-state index is 5.95. The van der Waals surface area contributed by atoms with Crippen molar-refractivity contribution in [1.29, 1.82) is 0 Å². The SMILES string of the molecule is Cc1ccc(C(N)COCc2ccccc2)o1. The first-order valence-corrected chi connectivity index (χ1v) is 5.69. The molecular formula is C14H17NO2. The van der Waals surface area contributed by atoms with Gasteiger partial charge in [-0.2, -0.15) is 0 Å². The molecule has 1 aromatic heterocycles. The molecule has 1 atom stereocenters. The van der Waals surface area contributed by atoms with E-state index in [0.29, 0.717) is 13.2 Å². The molecule has 0 fully saturated rings. The third-order valence-corrected chi connectivity index (χ3v) is 2.54. The van der Waals surface area contributed by atoms with Crippen LogP contribution in [0.2, 0.25) is 0 Å². The molecule has 0 spiro atoms. The van der Waals surface area contributed by atoms with Crippen LogP contribution in [0.25, 0.3) is 0 Å². The summed E-state index contributed by atoms with van der Waals surface area (Å²) in [6, 6.07) is 13.6. The van der Waals surface area contributed by atoms with E-state index in [1.54, 1.807) is 0 Å². The molecule has 3 heteroatoms. The van der Waals surface area contributed by atoms with Gasteiger partial charge in [-0.3, -0.25) is 0 Å². The summed E-state index contributed by atoms with van der Waals surface area (Å²) in [5.74, 6) is 1.65. The topological polar surface area (TPSA) is 48.4 Å². The van der Waals surface area contributed by atoms with Gasteiger partial charge in [-0.1, -0.05) is 30.3 Å². The molecule has 2 rings (SSSR count). The van der Waals surface area contributed by atoms with E-state index in [2.05, 4.69) is 0 Å². The van der Waals surface area contributed by atoms with Crippen LogP contribution in [0, 0.1) is 6.92 Å². The molecule has 0 aliphatic carbocycles. The molecule has 0 amide bonds. The first-order valence-electron chi connectivity index (χ1n) is 5.69. The Bertz CT molecular complexity index is 450. The minimum Gasteiger partial charge on any atom is -0.465 e. The van der Waals surface area contributed by atoms with Crippen molar-refractivity contribution in [1.82, 2.24) is 0 Å². The van der Waals surface area contributed by atoms with E-state index in [1.165, 1.54) is 0 Å². The summed E-state index contributed by atoms with van der Waals surface area (Å²) in [6.07, 6.45) is 0. The van der Waals surface area contributed by atoms with Gasteiger partial charge in [-0.15, -0.1) is 0 Å². The van der Waals surface area contributed by atoms with Crippen LogP contribution in [0.4, 0.5) is 0 Å². The summed E-state index contributed by atoms with van der Waals surface area (Å²) in [5.41, 5.74) is 7.10. The molecule has 0 bridgehead atoms. The number of hydrogen-bond acceptors (Lipinski definition) is 3. The predicted octanol–water partition coefficient (Wildman–Crippen LogP) is 2.80. The van der Waals surface area contributed by atoms with E-state index in [4.69, 9.17) is 14.9 Å².